The third kappa shape index (κ3) is 9.94. The fraction of sp³-hybridized carbons (Fsp3) is 0.562. The first-order chi connectivity index (χ1) is 12.3. The summed E-state index contributed by atoms with van der Waals surface area (Å²) in [5.74, 6) is 0.926. The largest absolute Gasteiger partial charge is 0.497 e. The summed E-state index contributed by atoms with van der Waals surface area (Å²) in [5.41, 5.74) is 0.419. The molecule has 1 aromatic rings. The highest BCUT2D eigenvalue weighted by atomic mass is 127. The first-order valence-electron chi connectivity index (χ1n) is 8.15. The number of rotatable bonds is 10. The third-order valence-electron chi connectivity index (χ3n) is 3.38. The minimum atomic E-state index is -3.09. The molecule has 2 N–H and O–H groups in total. The van der Waals surface area contributed by atoms with Crippen LogP contribution in [0.3, 0.4) is 0 Å². The number of methoxy groups -OCH3 is 1. The molecule has 0 aliphatic rings. The number of alkyl halides is 2. The molecule has 1 aromatic carbocycles. The van der Waals surface area contributed by atoms with Crippen LogP contribution in [0.4, 0.5) is 8.78 Å². The lowest BCUT2D eigenvalue weighted by Crippen LogP contribution is -2.39. The highest BCUT2D eigenvalue weighted by molar-refractivity contribution is 14.0. The lowest BCUT2D eigenvalue weighted by atomic mass is 10.2. The van der Waals surface area contributed by atoms with Crippen molar-refractivity contribution in [1.29, 1.82) is 0 Å². The van der Waals surface area contributed by atoms with Gasteiger partial charge in [0.15, 0.2) is 15.8 Å². The first-order valence-corrected chi connectivity index (χ1v) is 9.97. The van der Waals surface area contributed by atoms with Crippen LogP contribution in [0.5, 0.6) is 11.5 Å². The van der Waals surface area contributed by atoms with Crippen molar-refractivity contribution >= 4 is 39.8 Å². The quantitative estimate of drug-likeness (QED) is 0.280. The van der Waals surface area contributed by atoms with E-state index in [0.717, 1.165) is 0 Å². The van der Waals surface area contributed by atoms with Gasteiger partial charge in [0, 0.05) is 24.4 Å². The van der Waals surface area contributed by atoms with E-state index in [2.05, 4.69) is 20.4 Å². The van der Waals surface area contributed by atoms with Crippen LogP contribution in [0.15, 0.2) is 23.2 Å². The molecule has 0 aliphatic carbocycles. The third-order valence-corrected chi connectivity index (χ3v) is 5.09. The van der Waals surface area contributed by atoms with Gasteiger partial charge in [0.1, 0.15) is 11.5 Å². The van der Waals surface area contributed by atoms with E-state index in [1.54, 1.807) is 13.0 Å². The molecule has 27 heavy (non-hydrogen) atoms. The van der Waals surface area contributed by atoms with Crippen LogP contribution >= 0.6 is 24.0 Å². The summed E-state index contributed by atoms with van der Waals surface area (Å²) in [7, 11) is -1.62. The predicted molar refractivity (Wildman–Crippen MR) is 112 cm³/mol. The van der Waals surface area contributed by atoms with E-state index < -0.39 is 16.4 Å². The van der Waals surface area contributed by atoms with E-state index in [1.807, 2.05) is 6.92 Å². The summed E-state index contributed by atoms with van der Waals surface area (Å²) >= 11 is 0. The van der Waals surface area contributed by atoms with E-state index in [-0.39, 0.29) is 54.3 Å². The van der Waals surface area contributed by atoms with Gasteiger partial charge in [-0.2, -0.15) is 8.78 Å². The number of benzene rings is 1. The van der Waals surface area contributed by atoms with Crippen LogP contribution < -0.4 is 20.1 Å². The van der Waals surface area contributed by atoms with Gasteiger partial charge in [0.2, 0.25) is 0 Å². The normalized spacial score (nSPS) is 11.7. The smallest absolute Gasteiger partial charge is 0.387 e. The Labute approximate surface area is 175 Å². The summed E-state index contributed by atoms with van der Waals surface area (Å²) in [6.07, 6.45) is 0. The zero-order valence-electron chi connectivity index (χ0n) is 15.5. The number of sulfone groups is 1. The number of nitrogens with zero attached hydrogens (tertiary/aromatic N) is 1. The standard InChI is InChI=1S/C16H25F2N3O4S.HI/c1-4-19-16(20-8-9-26(22,23)5-2)21-11-12-10-13(24-3)6-7-14(12)25-15(17)18;/h6-7,10,15H,4-5,8-9,11H2,1-3H3,(H2,19,20,21);1H. The van der Waals surface area contributed by atoms with Gasteiger partial charge >= 0.3 is 6.61 Å². The van der Waals surface area contributed by atoms with E-state index in [0.29, 0.717) is 23.8 Å². The highest BCUT2D eigenvalue weighted by Crippen LogP contribution is 2.26. The van der Waals surface area contributed by atoms with Crippen LogP contribution in [-0.4, -0.2) is 52.7 Å². The Morgan fingerprint density at radius 3 is 2.52 bits per heavy atom. The summed E-state index contributed by atoms with van der Waals surface area (Å²) in [5, 5.41) is 5.88. The van der Waals surface area contributed by atoms with Crippen molar-refractivity contribution in [2.24, 2.45) is 4.99 Å². The molecule has 0 heterocycles. The average Bonchev–Trinajstić information content (AvgIpc) is 2.60. The molecule has 11 heteroatoms. The molecule has 0 fully saturated rings. The number of halogens is 3. The lowest BCUT2D eigenvalue weighted by Gasteiger charge is -2.13. The van der Waals surface area contributed by atoms with Gasteiger partial charge in [-0.3, -0.25) is 0 Å². The maximum absolute atomic E-state index is 12.5. The number of ether oxygens (including phenoxy) is 2. The van der Waals surface area contributed by atoms with Gasteiger partial charge in [0.05, 0.1) is 19.4 Å². The van der Waals surface area contributed by atoms with Crippen molar-refractivity contribution in [2.75, 3.05) is 31.7 Å². The monoisotopic (exact) mass is 521 g/mol. The predicted octanol–water partition coefficient (Wildman–Crippen LogP) is 2.40. The fourth-order valence-corrected chi connectivity index (χ4v) is 2.69. The molecule has 0 amide bonds. The Kier molecular flexibility index (Phi) is 12.3. The molecule has 1 rings (SSSR count). The van der Waals surface area contributed by atoms with E-state index in [9.17, 15) is 17.2 Å². The van der Waals surface area contributed by atoms with Gasteiger partial charge in [-0.05, 0) is 25.1 Å². The molecule has 0 bridgehead atoms. The van der Waals surface area contributed by atoms with Gasteiger partial charge in [-0.1, -0.05) is 6.92 Å². The maximum Gasteiger partial charge on any atom is 0.387 e. The Bertz CT molecular complexity index is 703. The second-order valence-corrected chi connectivity index (χ2v) is 7.68. The summed E-state index contributed by atoms with van der Waals surface area (Å²) in [6, 6.07) is 4.47. The molecule has 0 saturated heterocycles. The average molecular weight is 521 g/mol. The maximum atomic E-state index is 12.5. The molecule has 7 nitrogen and oxygen atoms in total. The zero-order valence-corrected chi connectivity index (χ0v) is 18.6. The molecule has 0 atom stereocenters. The lowest BCUT2D eigenvalue weighted by molar-refractivity contribution is -0.0504. The Morgan fingerprint density at radius 2 is 1.96 bits per heavy atom. The van der Waals surface area contributed by atoms with Crippen molar-refractivity contribution < 1.29 is 26.7 Å². The summed E-state index contributed by atoms with van der Waals surface area (Å²) < 4.78 is 57.7. The highest BCUT2D eigenvalue weighted by Gasteiger charge is 2.12. The minimum Gasteiger partial charge on any atom is -0.497 e. The van der Waals surface area contributed by atoms with Crippen LogP contribution in [0.1, 0.15) is 19.4 Å². The van der Waals surface area contributed by atoms with Crippen molar-refractivity contribution in [3.8, 4) is 11.5 Å². The Morgan fingerprint density at radius 1 is 1.26 bits per heavy atom. The number of aliphatic imine (C=N–C) groups is 1. The van der Waals surface area contributed by atoms with Crippen LogP contribution in [0.2, 0.25) is 0 Å². The zero-order chi connectivity index (χ0) is 19.6. The summed E-state index contributed by atoms with van der Waals surface area (Å²) in [6.45, 7) is 1.30. The van der Waals surface area contributed by atoms with Crippen LogP contribution in [0, 0.1) is 0 Å². The molecule has 0 saturated carbocycles. The Balaban J connectivity index is 0.00000676. The van der Waals surface area contributed by atoms with Crippen LogP contribution in [0.25, 0.3) is 0 Å². The van der Waals surface area contributed by atoms with Crippen molar-refractivity contribution in [2.45, 2.75) is 27.0 Å². The number of nitrogens with one attached hydrogen (secondary N) is 2. The first kappa shape index (κ1) is 25.6. The molecular weight excluding hydrogens is 495 g/mol. The van der Waals surface area contributed by atoms with Gasteiger partial charge in [0.25, 0.3) is 0 Å². The van der Waals surface area contributed by atoms with Crippen molar-refractivity contribution in [1.82, 2.24) is 10.6 Å². The second-order valence-electron chi connectivity index (χ2n) is 5.21. The molecule has 0 unspecified atom stereocenters. The number of hydrogen-bond acceptors (Lipinski definition) is 5. The minimum absolute atomic E-state index is 0. The number of hydrogen-bond donors (Lipinski definition) is 2. The van der Waals surface area contributed by atoms with Crippen molar-refractivity contribution in [3.05, 3.63) is 23.8 Å². The molecule has 0 aliphatic heterocycles. The molecule has 0 radical (unpaired) electrons. The molecular formula is C16H26F2IN3O4S. The van der Waals surface area contributed by atoms with E-state index >= 15 is 0 Å². The SMILES string of the molecule is CCNC(=NCc1cc(OC)ccc1OC(F)F)NCCS(=O)(=O)CC.I. The number of guanidine groups is 1. The van der Waals surface area contributed by atoms with Gasteiger partial charge in [-0.25, -0.2) is 13.4 Å². The van der Waals surface area contributed by atoms with Gasteiger partial charge in [-0.15, -0.1) is 24.0 Å². The van der Waals surface area contributed by atoms with E-state index in [1.165, 1.54) is 19.2 Å². The van der Waals surface area contributed by atoms with Gasteiger partial charge < -0.3 is 20.1 Å². The van der Waals surface area contributed by atoms with Crippen molar-refractivity contribution in [3.63, 3.8) is 0 Å². The fourth-order valence-electron chi connectivity index (χ4n) is 1.99. The summed E-state index contributed by atoms with van der Waals surface area (Å²) in [4.78, 5) is 4.29. The molecule has 0 aromatic heterocycles. The van der Waals surface area contributed by atoms with E-state index in [4.69, 9.17) is 4.74 Å². The molecule has 156 valence electrons. The Hall–Kier alpha value is -1.37. The second kappa shape index (κ2) is 12.9. The van der Waals surface area contributed by atoms with Crippen LogP contribution in [-0.2, 0) is 16.4 Å². The molecule has 0 spiro atoms. The topological polar surface area (TPSA) is 89.0 Å².